The third kappa shape index (κ3) is 57.0. The van der Waals surface area contributed by atoms with Crippen LogP contribution in [0.1, 0.15) is 189 Å². The summed E-state index contributed by atoms with van der Waals surface area (Å²) >= 11 is 7.67. The zero-order valence-corrected chi connectivity index (χ0v) is 60.8. The number of hydrogen-bond donors (Lipinski definition) is 1. The summed E-state index contributed by atoms with van der Waals surface area (Å²) in [5.41, 5.74) is 0.381. The topological polar surface area (TPSA) is 171 Å². The maximum Gasteiger partial charge on any atom is 0.389 e. The lowest BCUT2D eigenvalue weighted by Crippen LogP contribution is -2.33. The van der Waals surface area contributed by atoms with Gasteiger partial charge in [-0.2, -0.15) is 84.9 Å². The van der Waals surface area contributed by atoms with E-state index in [9.17, 15) is 26.3 Å². The van der Waals surface area contributed by atoms with Crippen molar-refractivity contribution in [2.24, 2.45) is 15.9 Å². The summed E-state index contributed by atoms with van der Waals surface area (Å²) in [6.07, 6.45) is 10.4. The van der Waals surface area contributed by atoms with Gasteiger partial charge >= 0.3 is 12.4 Å². The second-order valence-electron chi connectivity index (χ2n) is 24.8. The minimum Gasteiger partial charge on any atom is -0.379 e. The van der Waals surface area contributed by atoms with E-state index in [4.69, 9.17) is 72.4 Å². The van der Waals surface area contributed by atoms with Crippen LogP contribution in [0.15, 0.2) is 10.1 Å². The van der Waals surface area contributed by atoms with Gasteiger partial charge in [-0.15, -0.1) is 0 Å². The number of halogens is 6. The summed E-state index contributed by atoms with van der Waals surface area (Å²) in [7, 11) is 0. The van der Waals surface area contributed by atoms with Gasteiger partial charge in [-0.05, 0) is 132 Å². The fraction of sp³-hybridized carbons (Fsp3) is 0.955. The summed E-state index contributed by atoms with van der Waals surface area (Å²) in [6.45, 7) is 19.6. The van der Waals surface area contributed by atoms with Crippen molar-refractivity contribution in [1.82, 2.24) is 0 Å². The lowest BCUT2D eigenvalue weighted by Gasteiger charge is -2.22. The molecule has 0 radical (unpaired) electrons. The van der Waals surface area contributed by atoms with E-state index in [0.29, 0.717) is 84.6 Å². The van der Waals surface area contributed by atoms with Crippen LogP contribution in [-0.2, 0) is 61.6 Å². The number of alkyl halides is 6. The van der Waals surface area contributed by atoms with Gasteiger partial charge in [-0.3, -0.25) is 4.99 Å². The first-order chi connectivity index (χ1) is 44.8. The quantitative estimate of drug-likeness (QED) is 0.0152. The van der Waals surface area contributed by atoms with E-state index in [0.717, 1.165) is 149 Å². The summed E-state index contributed by atoms with van der Waals surface area (Å²) < 4.78 is 155. The van der Waals surface area contributed by atoms with Crippen molar-refractivity contribution in [2.45, 2.75) is 249 Å². The van der Waals surface area contributed by atoms with Crippen LogP contribution in [0.3, 0.4) is 0 Å². The van der Waals surface area contributed by atoms with Crippen molar-refractivity contribution in [3.8, 4) is 0 Å². The molecule has 2 fully saturated rings. The molecule has 2 aliphatic heterocycles. The summed E-state index contributed by atoms with van der Waals surface area (Å²) in [5, 5.41) is 4.06. The first-order valence-corrected chi connectivity index (χ1v) is 39.4. The fourth-order valence-electron chi connectivity index (χ4n) is 9.56. The second kappa shape index (κ2) is 58.3. The van der Waals surface area contributed by atoms with Crippen molar-refractivity contribution in [2.75, 3.05) is 158 Å². The van der Waals surface area contributed by atoms with Gasteiger partial charge in [0.2, 0.25) is 0 Å². The number of unbranched alkanes of at least 4 members (excludes halogenated alkanes) is 14. The number of ether oxygens (including phenoxy) is 13. The van der Waals surface area contributed by atoms with Crippen LogP contribution >= 0.6 is 47.0 Å². The monoisotopic (exact) mass is 1420 g/mol. The number of nitrogens with two attached hydrogens (primary N) is 1. The van der Waals surface area contributed by atoms with Crippen molar-refractivity contribution in [3.63, 3.8) is 0 Å². The summed E-state index contributed by atoms with van der Waals surface area (Å²) in [4.78, 5) is 4.93. The predicted molar refractivity (Wildman–Crippen MR) is 371 cm³/mol. The molecule has 0 aromatic heterocycles. The van der Waals surface area contributed by atoms with Gasteiger partial charge in [0.05, 0.1) is 91.9 Å². The predicted octanol–water partition coefficient (Wildman–Crippen LogP) is 15.6. The first-order valence-electron chi connectivity index (χ1n) is 34.8. The van der Waals surface area contributed by atoms with Gasteiger partial charge in [-0.1, -0.05) is 84.0 Å². The SMILES string of the molecule is [CH2-]CCCSCCCOC(COCCCSCCCCCCCCCC(F)(F)F)COCC(COCC(COCCCSCCCCCCCCCC(F)(F)F)OCCCSCCCC)N=CC(COC(COCC1COC(C)(C)O1)COCC1COC(C)(C)O1)=NN. The lowest BCUT2D eigenvalue weighted by molar-refractivity contribution is -0.151. The van der Waals surface area contributed by atoms with E-state index < -0.39 is 48.9 Å². The van der Waals surface area contributed by atoms with Crippen molar-refractivity contribution in [3.05, 3.63) is 6.92 Å². The Morgan fingerprint density at radius 2 is 0.849 bits per heavy atom. The molecule has 26 heteroatoms. The number of rotatable bonds is 67. The standard InChI is InChI=1S/C67H124F6N3O13S4/c1-7-9-35-90-41-27-33-83-59(47-77-31-25-39-92-37-23-19-15-11-13-17-21-29-66(68,69)70)49-79-44-58(75-43-57(76-74)46-85-61(51-81-53-62-55-86-64(3,4)88-62)52-82-54-63-56-87-65(5,6)89-63)45-80-50-60(84-34-28-42-91-36-10-8-2)48-78-32-26-40-93-38-24-20-16-12-14-18-22-30-67(71,72)73/h43,58-63H,1,7-42,44-56,74H2,2-6H3/q-1. The normalized spacial score (nSPS) is 18.3. The van der Waals surface area contributed by atoms with Gasteiger partial charge < -0.3 is 74.3 Å². The van der Waals surface area contributed by atoms with Gasteiger partial charge in [0.15, 0.2) is 11.6 Å². The Bertz CT molecular complexity index is 1660. The molecular formula is C67H124F6N3O13S4-. The smallest absolute Gasteiger partial charge is 0.379 e. The van der Waals surface area contributed by atoms with Crippen LogP contribution in [0.25, 0.3) is 0 Å². The molecule has 2 rings (SSSR count). The molecule has 0 aromatic rings. The third-order valence-electron chi connectivity index (χ3n) is 14.7. The highest BCUT2D eigenvalue weighted by atomic mass is 32.2. The van der Waals surface area contributed by atoms with Crippen LogP contribution in [0, 0.1) is 6.92 Å². The molecule has 2 N–H and O–H groups in total. The molecule has 0 aliphatic carbocycles. The second-order valence-corrected chi connectivity index (χ2v) is 29.7. The maximum absolute atomic E-state index is 12.4. The molecule has 0 bridgehead atoms. The molecule has 2 saturated heterocycles. The van der Waals surface area contributed by atoms with Gasteiger partial charge in [0.1, 0.15) is 36.2 Å². The van der Waals surface area contributed by atoms with E-state index in [1.807, 2.05) is 74.7 Å². The minimum absolute atomic E-state index is 0.0124. The summed E-state index contributed by atoms with van der Waals surface area (Å²) in [5.74, 6) is 12.9. The average molecular weight is 1420 g/mol. The van der Waals surface area contributed by atoms with Gasteiger partial charge in [0.25, 0.3) is 0 Å². The highest BCUT2D eigenvalue weighted by Gasteiger charge is 2.34. The summed E-state index contributed by atoms with van der Waals surface area (Å²) in [6, 6.07) is -0.483. The Morgan fingerprint density at radius 3 is 1.25 bits per heavy atom. The Labute approximate surface area is 574 Å². The third-order valence-corrected chi connectivity index (χ3v) is 19.3. The van der Waals surface area contributed by atoms with Crippen LogP contribution < -0.4 is 5.84 Å². The number of aliphatic imine (C=N–C) groups is 1. The average Bonchev–Trinajstić information content (AvgIpc) is 1.91. The minimum atomic E-state index is -4.06. The number of hydrogen-bond acceptors (Lipinski definition) is 20. The molecule has 2 aliphatic rings. The molecular weight excluding hydrogens is 1300 g/mol. The van der Waals surface area contributed by atoms with Crippen LogP contribution in [0.4, 0.5) is 26.3 Å². The van der Waals surface area contributed by atoms with Crippen molar-refractivity contribution in [1.29, 1.82) is 0 Å². The molecule has 552 valence electrons. The molecule has 0 amide bonds. The molecule has 2 heterocycles. The highest BCUT2D eigenvalue weighted by molar-refractivity contribution is 7.99. The Balaban J connectivity index is 2.10. The van der Waals surface area contributed by atoms with Gasteiger partial charge in [0, 0.05) is 45.5 Å². The Kier molecular flexibility index (Phi) is 55.6. The molecule has 0 aromatic carbocycles. The zero-order valence-electron chi connectivity index (χ0n) is 57.6. The van der Waals surface area contributed by atoms with Gasteiger partial charge in [-0.25, -0.2) is 0 Å². The van der Waals surface area contributed by atoms with E-state index in [1.54, 1.807) is 6.21 Å². The van der Waals surface area contributed by atoms with E-state index in [2.05, 4.69) is 18.9 Å². The lowest BCUT2D eigenvalue weighted by atomic mass is 10.1. The fourth-order valence-corrected chi connectivity index (χ4v) is 13.4. The molecule has 5 atom stereocenters. The molecule has 93 heavy (non-hydrogen) atoms. The van der Waals surface area contributed by atoms with E-state index in [1.165, 1.54) is 12.8 Å². The molecule has 5 unspecified atom stereocenters. The van der Waals surface area contributed by atoms with Crippen LogP contribution in [-0.4, -0.2) is 231 Å². The molecule has 0 spiro atoms. The van der Waals surface area contributed by atoms with Crippen LogP contribution in [0.5, 0.6) is 0 Å². The number of thioether (sulfide) groups is 4. The first kappa shape index (κ1) is 88.7. The zero-order chi connectivity index (χ0) is 67.8. The van der Waals surface area contributed by atoms with Crippen LogP contribution in [0.2, 0.25) is 0 Å². The van der Waals surface area contributed by atoms with Crippen molar-refractivity contribution >= 4 is 59.0 Å². The number of nitrogens with zero attached hydrogens (tertiary/aromatic N) is 2. The Hall–Kier alpha value is -0.400. The van der Waals surface area contributed by atoms with E-state index >= 15 is 0 Å². The molecule has 0 saturated carbocycles. The molecule has 16 nitrogen and oxygen atoms in total. The van der Waals surface area contributed by atoms with E-state index in [-0.39, 0.29) is 83.5 Å². The highest BCUT2D eigenvalue weighted by Crippen LogP contribution is 2.27. The number of hydrazone groups is 1. The van der Waals surface area contributed by atoms with Crippen molar-refractivity contribution < 1.29 is 87.9 Å². The maximum atomic E-state index is 12.4. The largest absolute Gasteiger partial charge is 0.389 e. The Morgan fingerprint density at radius 1 is 0.484 bits per heavy atom.